The van der Waals surface area contributed by atoms with Gasteiger partial charge in [-0.1, -0.05) is 19.4 Å². The number of urea groups is 1. The molecule has 0 aliphatic carbocycles. The first-order valence-corrected chi connectivity index (χ1v) is 9.59. The predicted octanol–water partition coefficient (Wildman–Crippen LogP) is 3.33. The van der Waals surface area contributed by atoms with Gasteiger partial charge in [-0.25, -0.2) is 4.79 Å². The van der Waals surface area contributed by atoms with Gasteiger partial charge in [-0.15, -0.1) is 0 Å². The lowest BCUT2D eigenvalue weighted by Crippen LogP contribution is -2.49. The van der Waals surface area contributed by atoms with Gasteiger partial charge in [0.2, 0.25) is 0 Å². The summed E-state index contributed by atoms with van der Waals surface area (Å²) in [6, 6.07) is 5.79. The van der Waals surface area contributed by atoms with Crippen LogP contribution in [0, 0.1) is 0 Å². The third-order valence-corrected chi connectivity index (χ3v) is 4.75. The van der Waals surface area contributed by atoms with Crippen LogP contribution >= 0.6 is 0 Å². The number of likely N-dealkylation sites (tertiary alicyclic amines) is 1. The summed E-state index contributed by atoms with van der Waals surface area (Å²) in [6.45, 7) is 6.78. The van der Waals surface area contributed by atoms with Crippen LogP contribution < -0.4 is 20.1 Å². The van der Waals surface area contributed by atoms with Crippen LogP contribution in [-0.4, -0.2) is 50.8 Å². The number of benzene rings is 1. The van der Waals surface area contributed by atoms with Gasteiger partial charge in [-0.05, 0) is 57.5 Å². The number of carbonyl (C=O) groups excluding carboxylic acids is 1. The molecule has 6 heteroatoms. The van der Waals surface area contributed by atoms with Crippen LogP contribution in [0.2, 0.25) is 0 Å². The fraction of sp³-hybridized carbons (Fsp3) is 0.650. The van der Waals surface area contributed by atoms with E-state index in [1.54, 1.807) is 7.11 Å². The lowest BCUT2D eigenvalue weighted by atomic mass is 10.1. The van der Waals surface area contributed by atoms with E-state index in [0.717, 1.165) is 50.1 Å². The highest BCUT2D eigenvalue weighted by molar-refractivity contribution is 5.74. The molecule has 0 bridgehead atoms. The maximum atomic E-state index is 12.3. The quantitative estimate of drug-likeness (QED) is 0.696. The van der Waals surface area contributed by atoms with Crippen molar-refractivity contribution in [1.29, 1.82) is 0 Å². The summed E-state index contributed by atoms with van der Waals surface area (Å²) in [6.07, 6.45) is 4.25. The minimum Gasteiger partial charge on any atom is -0.493 e. The Morgan fingerprint density at radius 3 is 2.88 bits per heavy atom. The molecule has 1 aromatic rings. The molecule has 1 heterocycles. The van der Waals surface area contributed by atoms with E-state index in [9.17, 15) is 4.79 Å². The fourth-order valence-corrected chi connectivity index (χ4v) is 3.19. The number of amides is 2. The molecule has 6 nitrogen and oxygen atoms in total. The van der Waals surface area contributed by atoms with Crippen molar-refractivity contribution in [1.82, 2.24) is 15.5 Å². The number of ether oxygens (including phenoxy) is 2. The molecule has 1 fully saturated rings. The van der Waals surface area contributed by atoms with Crippen LogP contribution in [-0.2, 0) is 0 Å². The molecule has 1 aliphatic heterocycles. The lowest BCUT2D eigenvalue weighted by molar-refractivity contribution is 0.207. The largest absolute Gasteiger partial charge is 0.493 e. The van der Waals surface area contributed by atoms with E-state index in [2.05, 4.69) is 29.5 Å². The summed E-state index contributed by atoms with van der Waals surface area (Å²) in [7, 11) is 3.72. The van der Waals surface area contributed by atoms with Crippen molar-refractivity contribution < 1.29 is 14.3 Å². The number of hydrogen-bond donors (Lipinski definition) is 2. The van der Waals surface area contributed by atoms with E-state index in [-0.39, 0.29) is 18.1 Å². The van der Waals surface area contributed by atoms with Gasteiger partial charge in [0.25, 0.3) is 0 Å². The second-order valence-electron chi connectivity index (χ2n) is 7.05. The molecule has 1 saturated heterocycles. The number of hydrogen-bond acceptors (Lipinski definition) is 4. The second-order valence-corrected chi connectivity index (χ2v) is 7.05. The van der Waals surface area contributed by atoms with Crippen LogP contribution in [0.5, 0.6) is 11.5 Å². The molecule has 0 spiro atoms. The highest BCUT2D eigenvalue weighted by Crippen LogP contribution is 2.30. The number of rotatable bonds is 8. The Kier molecular flexibility index (Phi) is 8.04. The van der Waals surface area contributed by atoms with Gasteiger partial charge in [-0.2, -0.15) is 0 Å². The molecule has 2 N–H and O–H groups in total. The van der Waals surface area contributed by atoms with Gasteiger partial charge >= 0.3 is 6.03 Å². The Bertz CT molecular complexity index is 579. The monoisotopic (exact) mass is 363 g/mol. The zero-order chi connectivity index (χ0) is 18.9. The summed E-state index contributed by atoms with van der Waals surface area (Å²) < 4.78 is 11.2. The Balaban J connectivity index is 1.91. The first-order valence-electron chi connectivity index (χ1n) is 9.59. The summed E-state index contributed by atoms with van der Waals surface area (Å²) >= 11 is 0. The van der Waals surface area contributed by atoms with Gasteiger partial charge in [0.15, 0.2) is 11.5 Å². The third kappa shape index (κ3) is 6.09. The summed E-state index contributed by atoms with van der Waals surface area (Å²) in [5.41, 5.74) is 0.987. The minimum atomic E-state index is -0.125. The molecule has 0 aromatic heterocycles. The Morgan fingerprint density at radius 2 is 2.19 bits per heavy atom. The van der Waals surface area contributed by atoms with E-state index in [4.69, 9.17) is 9.47 Å². The van der Waals surface area contributed by atoms with Crippen LogP contribution in [0.15, 0.2) is 18.2 Å². The smallest absolute Gasteiger partial charge is 0.315 e. The number of unbranched alkanes of at least 4 members (excludes halogenated alkanes) is 1. The van der Waals surface area contributed by atoms with Gasteiger partial charge in [0.05, 0.1) is 19.8 Å². The molecule has 2 unspecified atom stereocenters. The summed E-state index contributed by atoms with van der Waals surface area (Å²) in [5.74, 6) is 1.44. The van der Waals surface area contributed by atoms with E-state index < -0.39 is 0 Å². The van der Waals surface area contributed by atoms with Crippen LogP contribution in [0.25, 0.3) is 0 Å². The second kappa shape index (κ2) is 10.3. The number of nitrogens with zero attached hydrogens (tertiary/aromatic N) is 1. The maximum Gasteiger partial charge on any atom is 0.315 e. The van der Waals surface area contributed by atoms with Gasteiger partial charge < -0.3 is 25.0 Å². The van der Waals surface area contributed by atoms with E-state index >= 15 is 0 Å². The molecule has 2 rings (SSSR count). The Morgan fingerprint density at radius 1 is 1.38 bits per heavy atom. The Labute approximate surface area is 157 Å². The van der Waals surface area contributed by atoms with Crippen LogP contribution in [0.4, 0.5) is 4.79 Å². The highest BCUT2D eigenvalue weighted by atomic mass is 16.5. The summed E-state index contributed by atoms with van der Waals surface area (Å²) in [4.78, 5) is 14.6. The molecule has 2 atom stereocenters. The first kappa shape index (κ1) is 20.4. The van der Waals surface area contributed by atoms with Crippen molar-refractivity contribution in [3.63, 3.8) is 0 Å². The van der Waals surface area contributed by atoms with Crippen LogP contribution in [0.1, 0.15) is 51.1 Å². The fourth-order valence-electron chi connectivity index (χ4n) is 3.19. The molecule has 2 amide bonds. The van der Waals surface area contributed by atoms with E-state index in [1.165, 1.54) is 0 Å². The number of likely N-dealkylation sites (N-methyl/N-ethyl adjacent to an activating group) is 1. The van der Waals surface area contributed by atoms with Crippen molar-refractivity contribution in [2.24, 2.45) is 0 Å². The minimum absolute atomic E-state index is 0.116. The molecule has 1 aliphatic rings. The zero-order valence-corrected chi connectivity index (χ0v) is 16.5. The molecular formula is C20H33N3O3. The topological polar surface area (TPSA) is 62.8 Å². The number of methoxy groups -OCH3 is 1. The average Bonchev–Trinajstić information content (AvgIpc) is 2.62. The Hall–Kier alpha value is -1.95. The van der Waals surface area contributed by atoms with Gasteiger partial charge in [0.1, 0.15) is 0 Å². The first-order chi connectivity index (χ1) is 12.5. The number of carbonyl (C=O) groups is 1. The van der Waals surface area contributed by atoms with Gasteiger partial charge in [0, 0.05) is 12.6 Å². The number of piperidine rings is 1. The summed E-state index contributed by atoms with van der Waals surface area (Å²) in [5, 5.41) is 6.09. The standard InChI is InChI=1S/C20H33N3O3/c1-5-6-12-26-18-10-9-16(13-19(18)25-4)15(2)21-20(24)22-17-8-7-11-23(3)14-17/h9-10,13,15,17H,5-8,11-12,14H2,1-4H3,(H2,21,22,24). The third-order valence-electron chi connectivity index (χ3n) is 4.75. The molecular weight excluding hydrogens is 330 g/mol. The van der Waals surface area contributed by atoms with Crippen molar-refractivity contribution in [2.45, 2.75) is 51.6 Å². The highest BCUT2D eigenvalue weighted by Gasteiger charge is 2.20. The molecule has 26 heavy (non-hydrogen) atoms. The van der Waals surface area contributed by atoms with Crippen molar-refractivity contribution in [3.05, 3.63) is 23.8 Å². The molecule has 146 valence electrons. The molecule has 0 saturated carbocycles. The van der Waals surface area contributed by atoms with Crippen LogP contribution in [0.3, 0.4) is 0 Å². The average molecular weight is 364 g/mol. The van der Waals surface area contributed by atoms with E-state index in [0.29, 0.717) is 12.4 Å². The lowest BCUT2D eigenvalue weighted by Gasteiger charge is -2.30. The van der Waals surface area contributed by atoms with Crippen molar-refractivity contribution >= 4 is 6.03 Å². The normalized spacial score (nSPS) is 18.8. The zero-order valence-electron chi connectivity index (χ0n) is 16.5. The number of nitrogens with one attached hydrogen (secondary N) is 2. The van der Waals surface area contributed by atoms with Crippen molar-refractivity contribution in [3.8, 4) is 11.5 Å². The van der Waals surface area contributed by atoms with E-state index in [1.807, 2.05) is 25.1 Å². The van der Waals surface area contributed by atoms with Crippen molar-refractivity contribution in [2.75, 3.05) is 33.9 Å². The van der Waals surface area contributed by atoms with Gasteiger partial charge in [-0.3, -0.25) is 0 Å². The SMILES string of the molecule is CCCCOc1ccc(C(C)NC(=O)NC2CCCN(C)C2)cc1OC. The predicted molar refractivity (Wildman–Crippen MR) is 104 cm³/mol. The molecule has 0 radical (unpaired) electrons. The molecule has 1 aromatic carbocycles. The maximum absolute atomic E-state index is 12.3.